The van der Waals surface area contributed by atoms with Crippen LogP contribution < -0.4 is 4.18 Å². The Morgan fingerprint density at radius 2 is 2.25 bits per heavy atom. The van der Waals surface area contributed by atoms with Gasteiger partial charge < -0.3 is 14.3 Å². The Balaban J connectivity index is 2.73. The minimum atomic E-state index is 0.0833. The highest BCUT2D eigenvalue weighted by atomic mass is 32.1. The van der Waals surface area contributed by atoms with Crippen molar-refractivity contribution in [2.45, 2.75) is 0 Å². The number of phenols is 1. The van der Waals surface area contributed by atoms with E-state index < -0.39 is 0 Å². The Morgan fingerprint density at radius 3 is 3.00 bits per heavy atom. The van der Waals surface area contributed by atoms with E-state index >= 15 is 0 Å². The van der Waals surface area contributed by atoms with Crippen LogP contribution in [0.2, 0.25) is 0 Å². The molecular formula is C8H7NO2S. The molecular weight excluding hydrogens is 174 g/mol. The zero-order chi connectivity index (χ0) is 8.55. The third kappa shape index (κ3) is 1.00. The summed E-state index contributed by atoms with van der Waals surface area (Å²) in [6, 6.07) is 5.21. The average Bonchev–Trinajstić information content (AvgIpc) is 2.49. The van der Waals surface area contributed by atoms with Crippen molar-refractivity contribution < 1.29 is 9.29 Å². The van der Waals surface area contributed by atoms with Gasteiger partial charge >= 0.3 is 0 Å². The van der Waals surface area contributed by atoms with Gasteiger partial charge in [0, 0.05) is 36.1 Å². The quantitative estimate of drug-likeness (QED) is 0.466. The molecule has 0 aliphatic heterocycles. The second kappa shape index (κ2) is 2.64. The molecule has 1 aromatic carbocycles. The lowest BCUT2D eigenvalue weighted by Crippen LogP contribution is -1.76. The van der Waals surface area contributed by atoms with Crippen LogP contribution in [0.1, 0.15) is 0 Å². The molecule has 0 aliphatic rings. The molecule has 0 aliphatic carbocycles. The topological polar surface area (TPSA) is 45.2 Å². The largest absolute Gasteiger partial charge is 0.504 e. The fourth-order valence-corrected chi connectivity index (χ4v) is 1.29. The van der Waals surface area contributed by atoms with Crippen molar-refractivity contribution in [3.8, 4) is 11.5 Å². The van der Waals surface area contributed by atoms with Crippen molar-refractivity contribution in [2.75, 3.05) is 0 Å². The fraction of sp³-hybridized carbons (Fsp3) is 0. The summed E-state index contributed by atoms with van der Waals surface area (Å²) in [5.74, 6) is 0.449. The molecule has 0 amide bonds. The lowest BCUT2D eigenvalue weighted by Gasteiger charge is -2.00. The summed E-state index contributed by atoms with van der Waals surface area (Å²) in [6.07, 6.45) is 1.80. The van der Waals surface area contributed by atoms with E-state index in [2.05, 4.69) is 22.1 Å². The average molecular weight is 181 g/mol. The maximum atomic E-state index is 9.33. The summed E-state index contributed by atoms with van der Waals surface area (Å²) < 4.78 is 4.65. The first kappa shape index (κ1) is 7.36. The van der Waals surface area contributed by atoms with Gasteiger partial charge in [-0.05, 0) is 12.1 Å². The van der Waals surface area contributed by atoms with Crippen molar-refractivity contribution in [1.82, 2.24) is 4.98 Å². The van der Waals surface area contributed by atoms with Crippen molar-refractivity contribution in [3.05, 3.63) is 24.4 Å². The van der Waals surface area contributed by atoms with Crippen molar-refractivity contribution in [3.63, 3.8) is 0 Å². The molecule has 12 heavy (non-hydrogen) atoms. The third-order valence-electron chi connectivity index (χ3n) is 1.73. The predicted molar refractivity (Wildman–Crippen MR) is 49.6 cm³/mol. The van der Waals surface area contributed by atoms with Crippen LogP contribution in [0.4, 0.5) is 0 Å². The number of aromatic amines is 1. The van der Waals surface area contributed by atoms with Gasteiger partial charge in [-0.3, -0.25) is 0 Å². The Bertz CT molecular complexity index is 410. The van der Waals surface area contributed by atoms with E-state index in [1.54, 1.807) is 18.3 Å². The van der Waals surface area contributed by atoms with E-state index in [1.807, 2.05) is 6.07 Å². The first-order chi connectivity index (χ1) is 5.81. The van der Waals surface area contributed by atoms with Gasteiger partial charge in [0.05, 0.1) is 0 Å². The second-order valence-corrected chi connectivity index (χ2v) is 2.66. The third-order valence-corrected chi connectivity index (χ3v) is 1.93. The number of fused-ring (bicyclic) bond motifs is 1. The normalized spacial score (nSPS) is 10.4. The van der Waals surface area contributed by atoms with Crippen molar-refractivity contribution in [2.24, 2.45) is 0 Å². The molecule has 2 aromatic rings. The highest BCUT2D eigenvalue weighted by Gasteiger charge is 2.03. The van der Waals surface area contributed by atoms with Gasteiger partial charge in [0.2, 0.25) is 0 Å². The number of aromatic nitrogens is 1. The zero-order valence-corrected chi connectivity index (χ0v) is 7.01. The monoisotopic (exact) mass is 181 g/mol. The number of hydrogen-bond acceptors (Lipinski definition) is 3. The number of hydrogen-bond donors (Lipinski definition) is 3. The first-order valence-corrected chi connectivity index (χ1v) is 3.79. The summed E-state index contributed by atoms with van der Waals surface area (Å²) >= 11 is 3.62. The van der Waals surface area contributed by atoms with Gasteiger partial charge in [-0.15, -0.1) is 0 Å². The zero-order valence-electron chi connectivity index (χ0n) is 6.11. The van der Waals surface area contributed by atoms with Gasteiger partial charge in [0.25, 0.3) is 0 Å². The minimum Gasteiger partial charge on any atom is -0.504 e. The lowest BCUT2D eigenvalue weighted by atomic mass is 10.2. The molecule has 0 unspecified atom stereocenters. The van der Waals surface area contributed by atoms with Crippen LogP contribution in [0.5, 0.6) is 11.5 Å². The Hall–Kier alpha value is -1.29. The highest BCUT2D eigenvalue weighted by Crippen LogP contribution is 2.31. The number of aromatic hydroxyl groups is 1. The van der Waals surface area contributed by atoms with E-state index in [9.17, 15) is 5.11 Å². The van der Waals surface area contributed by atoms with Gasteiger partial charge in [0.1, 0.15) is 0 Å². The van der Waals surface area contributed by atoms with Crippen molar-refractivity contribution in [1.29, 1.82) is 0 Å². The Labute approximate surface area is 74.6 Å². The van der Waals surface area contributed by atoms with Crippen LogP contribution in [0.15, 0.2) is 24.4 Å². The molecule has 0 saturated carbocycles. The van der Waals surface area contributed by atoms with E-state index in [0.717, 1.165) is 10.9 Å². The molecule has 4 heteroatoms. The van der Waals surface area contributed by atoms with E-state index in [1.165, 1.54) is 0 Å². The maximum Gasteiger partial charge on any atom is 0.179 e. The smallest absolute Gasteiger partial charge is 0.179 e. The van der Waals surface area contributed by atoms with Gasteiger partial charge in [0.15, 0.2) is 11.5 Å². The number of benzene rings is 1. The summed E-state index contributed by atoms with van der Waals surface area (Å²) in [4.78, 5) is 2.97. The second-order valence-electron chi connectivity index (χ2n) is 2.48. The molecule has 0 spiro atoms. The molecule has 0 bridgehead atoms. The molecule has 3 nitrogen and oxygen atoms in total. The molecule has 2 N–H and O–H groups in total. The van der Waals surface area contributed by atoms with Crippen LogP contribution in [0.3, 0.4) is 0 Å². The molecule has 0 radical (unpaired) electrons. The molecule has 1 aromatic heterocycles. The first-order valence-electron chi connectivity index (χ1n) is 3.43. The van der Waals surface area contributed by atoms with E-state index in [0.29, 0.717) is 5.75 Å². The van der Waals surface area contributed by atoms with Gasteiger partial charge in [-0.2, -0.15) is 0 Å². The fourth-order valence-electron chi connectivity index (χ4n) is 1.14. The number of thiol groups is 1. The van der Waals surface area contributed by atoms with Crippen LogP contribution in [0.25, 0.3) is 10.9 Å². The molecule has 2 rings (SSSR count). The molecule has 1 heterocycles. The number of rotatable bonds is 1. The summed E-state index contributed by atoms with van der Waals surface area (Å²) in [7, 11) is 0. The molecule has 0 saturated heterocycles. The van der Waals surface area contributed by atoms with Gasteiger partial charge in [-0.1, -0.05) is 0 Å². The van der Waals surface area contributed by atoms with Crippen LogP contribution >= 0.6 is 12.9 Å². The van der Waals surface area contributed by atoms with E-state index in [-0.39, 0.29) is 5.75 Å². The summed E-state index contributed by atoms with van der Waals surface area (Å²) in [6.45, 7) is 0. The highest BCUT2D eigenvalue weighted by molar-refractivity contribution is 7.75. The maximum absolute atomic E-state index is 9.33. The lowest BCUT2D eigenvalue weighted by molar-refractivity contribution is 0.452. The predicted octanol–water partition coefficient (Wildman–Crippen LogP) is 2.10. The standard InChI is InChI=1S/C8H7NO2S/c10-7-4-6-5(1-2-9-6)3-8(7)11-12/h1-4,9-10,12H. The van der Waals surface area contributed by atoms with Gasteiger partial charge in [-0.25, -0.2) is 0 Å². The van der Waals surface area contributed by atoms with Crippen molar-refractivity contribution >= 4 is 23.8 Å². The number of H-pyrrole nitrogens is 1. The van der Waals surface area contributed by atoms with Crippen LogP contribution in [-0.2, 0) is 0 Å². The summed E-state index contributed by atoms with van der Waals surface area (Å²) in [5.41, 5.74) is 0.877. The minimum absolute atomic E-state index is 0.0833. The molecule has 0 atom stereocenters. The van der Waals surface area contributed by atoms with E-state index in [4.69, 9.17) is 0 Å². The van der Waals surface area contributed by atoms with Crippen LogP contribution in [-0.4, -0.2) is 10.1 Å². The molecule has 62 valence electrons. The van der Waals surface area contributed by atoms with Crippen LogP contribution in [0, 0.1) is 0 Å². The Kier molecular flexibility index (Phi) is 1.62. The number of phenolic OH excluding ortho intramolecular Hbond substituents is 1. The molecule has 0 fully saturated rings. The SMILES string of the molecule is Oc1cc2[nH]ccc2cc1OS. The Morgan fingerprint density at radius 1 is 1.42 bits per heavy atom. The number of nitrogens with one attached hydrogen (secondary N) is 1. The summed E-state index contributed by atoms with van der Waals surface area (Å²) in [5, 5.41) is 10.3.